The zero-order chi connectivity index (χ0) is 10.3. The van der Waals surface area contributed by atoms with Crippen molar-refractivity contribution >= 4 is 15.7 Å². The van der Waals surface area contributed by atoms with E-state index in [9.17, 15) is 8.42 Å². The molecule has 2 heterocycles. The third-order valence-corrected chi connectivity index (χ3v) is 2.79. The second kappa shape index (κ2) is 2.79. The molecule has 6 heteroatoms. The van der Waals surface area contributed by atoms with Crippen molar-refractivity contribution in [1.29, 1.82) is 0 Å². The van der Waals surface area contributed by atoms with Crippen LogP contribution in [0.1, 0.15) is 5.69 Å². The average molecular weight is 211 g/mol. The Kier molecular flexibility index (Phi) is 1.83. The van der Waals surface area contributed by atoms with Crippen LogP contribution >= 0.6 is 0 Å². The highest BCUT2D eigenvalue weighted by atomic mass is 32.2. The summed E-state index contributed by atoms with van der Waals surface area (Å²) in [4.78, 5) is 4.21. The van der Waals surface area contributed by atoms with Gasteiger partial charge in [0.05, 0.1) is 10.6 Å². The molecule has 0 spiro atoms. The number of primary sulfonamides is 1. The highest BCUT2D eigenvalue weighted by molar-refractivity contribution is 7.89. The molecule has 0 bridgehead atoms. The number of nitrogens with zero attached hydrogens (tertiary/aromatic N) is 2. The van der Waals surface area contributed by atoms with Crippen LogP contribution in [0.25, 0.3) is 5.65 Å². The van der Waals surface area contributed by atoms with E-state index in [-0.39, 0.29) is 4.90 Å². The van der Waals surface area contributed by atoms with E-state index in [1.165, 1.54) is 12.1 Å². The molecule has 0 saturated heterocycles. The molecule has 14 heavy (non-hydrogen) atoms. The van der Waals surface area contributed by atoms with Gasteiger partial charge in [-0.05, 0) is 13.0 Å². The van der Waals surface area contributed by atoms with Crippen molar-refractivity contribution in [3.05, 3.63) is 30.2 Å². The lowest BCUT2D eigenvalue weighted by molar-refractivity contribution is 0.597. The fourth-order valence-electron chi connectivity index (χ4n) is 1.27. The Morgan fingerprint density at radius 3 is 2.86 bits per heavy atom. The number of fused-ring (bicyclic) bond motifs is 1. The maximum absolute atomic E-state index is 11.0. The molecule has 5 nitrogen and oxygen atoms in total. The fourth-order valence-corrected chi connectivity index (χ4v) is 1.79. The number of nitrogens with two attached hydrogens (primary N) is 1. The molecule has 2 aromatic rings. The molecule has 0 atom stereocenters. The second-order valence-electron chi connectivity index (χ2n) is 3.06. The fraction of sp³-hybridized carbons (Fsp3) is 0.125. The number of pyridine rings is 1. The zero-order valence-electron chi connectivity index (χ0n) is 7.51. The van der Waals surface area contributed by atoms with E-state index in [0.29, 0.717) is 5.65 Å². The summed E-state index contributed by atoms with van der Waals surface area (Å²) in [6, 6.07) is 2.89. The summed E-state index contributed by atoms with van der Waals surface area (Å²) in [6.45, 7) is 1.84. The van der Waals surface area contributed by atoms with E-state index in [2.05, 4.69) is 4.98 Å². The standard InChI is InChI=1S/C8H9N3O2S/c1-6-5-11-3-2-7(14(9,12)13)4-8(11)10-6/h2-5H,1H3,(H2,9,12,13). The van der Waals surface area contributed by atoms with Crippen LogP contribution in [0.5, 0.6) is 0 Å². The van der Waals surface area contributed by atoms with Crippen LogP contribution in [-0.2, 0) is 10.0 Å². The van der Waals surface area contributed by atoms with Crippen LogP contribution in [0.4, 0.5) is 0 Å². The van der Waals surface area contributed by atoms with Crippen molar-refractivity contribution < 1.29 is 8.42 Å². The minimum absolute atomic E-state index is 0.0793. The van der Waals surface area contributed by atoms with E-state index < -0.39 is 10.0 Å². The molecule has 0 radical (unpaired) electrons. The van der Waals surface area contributed by atoms with Crippen LogP contribution in [0.3, 0.4) is 0 Å². The summed E-state index contributed by atoms with van der Waals surface area (Å²) >= 11 is 0. The van der Waals surface area contributed by atoms with E-state index in [0.717, 1.165) is 5.69 Å². The summed E-state index contributed by atoms with van der Waals surface area (Å²) in [7, 11) is -3.64. The highest BCUT2D eigenvalue weighted by Crippen LogP contribution is 2.10. The number of imidazole rings is 1. The van der Waals surface area contributed by atoms with Crippen molar-refractivity contribution in [2.75, 3.05) is 0 Å². The Morgan fingerprint density at radius 2 is 2.21 bits per heavy atom. The first-order valence-electron chi connectivity index (χ1n) is 3.95. The maximum atomic E-state index is 11.0. The molecular formula is C8H9N3O2S. The zero-order valence-corrected chi connectivity index (χ0v) is 8.32. The summed E-state index contributed by atoms with van der Waals surface area (Å²) in [5.41, 5.74) is 1.41. The molecule has 2 N–H and O–H groups in total. The highest BCUT2D eigenvalue weighted by Gasteiger charge is 2.08. The molecule has 0 saturated carbocycles. The Balaban J connectivity index is 2.74. The van der Waals surface area contributed by atoms with Gasteiger partial charge in [0, 0.05) is 18.5 Å². The van der Waals surface area contributed by atoms with Gasteiger partial charge >= 0.3 is 0 Å². The second-order valence-corrected chi connectivity index (χ2v) is 4.62. The Morgan fingerprint density at radius 1 is 1.50 bits per heavy atom. The van der Waals surface area contributed by atoms with Gasteiger partial charge in [0.15, 0.2) is 0 Å². The lowest BCUT2D eigenvalue weighted by atomic mass is 10.5. The molecular weight excluding hydrogens is 202 g/mol. The van der Waals surface area contributed by atoms with E-state index >= 15 is 0 Å². The molecule has 0 aliphatic heterocycles. The smallest absolute Gasteiger partial charge is 0.238 e. The van der Waals surface area contributed by atoms with Gasteiger partial charge in [-0.1, -0.05) is 0 Å². The summed E-state index contributed by atoms with van der Waals surface area (Å²) in [6.07, 6.45) is 3.43. The number of hydrogen-bond donors (Lipinski definition) is 1. The van der Waals surface area contributed by atoms with Gasteiger partial charge in [-0.3, -0.25) is 0 Å². The SMILES string of the molecule is Cc1cn2ccc(S(N)(=O)=O)cc2n1. The van der Waals surface area contributed by atoms with Crippen LogP contribution in [-0.4, -0.2) is 17.8 Å². The van der Waals surface area contributed by atoms with Crippen LogP contribution in [0.15, 0.2) is 29.4 Å². The first kappa shape index (κ1) is 9.17. The van der Waals surface area contributed by atoms with Gasteiger partial charge in [0.25, 0.3) is 0 Å². The molecule has 0 aliphatic rings. The monoisotopic (exact) mass is 211 g/mol. The molecule has 0 aromatic carbocycles. The third-order valence-electron chi connectivity index (χ3n) is 1.88. The van der Waals surface area contributed by atoms with Crippen molar-refractivity contribution in [3.8, 4) is 0 Å². The third kappa shape index (κ3) is 1.49. The van der Waals surface area contributed by atoms with Crippen molar-refractivity contribution in [2.24, 2.45) is 5.14 Å². The number of aryl methyl sites for hydroxylation is 1. The van der Waals surface area contributed by atoms with Gasteiger partial charge in [-0.15, -0.1) is 0 Å². The van der Waals surface area contributed by atoms with E-state index in [1.807, 2.05) is 13.1 Å². The van der Waals surface area contributed by atoms with Gasteiger partial charge < -0.3 is 4.40 Å². The predicted molar refractivity (Wildman–Crippen MR) is 51.3 cm³/mol. The average Bonchev–Trinajstić information content (AvgIpc) is 2.41. The van der Waals surface area contributed by atoms with Gasteiger partial charge in [0.2, 0.25) is 10.0 Å². The first-order valence-corrected chi connectivity index (χ1v) is 5.49. The number of aromatic nitrogens is 2. The molecule has 74 valence electrons. The molecule has 2 rings (SSSR count). The van der Waals surface area contributed by atoms with Crippen LogP contribution < -0.4 is 5.14 Å². The van der Waals surface area contributed by atoms with E-state index in [4.69, 9.17) is 5.14 Å². The van der Waals surface area contributed by atoms with Gasteiger partial charge in [-0.25, -0.2) is 18.5 Å². The van der Waals surface area contributed by atoms with E-state index in [1.54, 1.807) is 10.6 Å². The van der Waals surface area contributed by atoms with Gasteiger partial charge in [0.1, 0.15) is 5.65 Å². The lowest BCUT2D eigenvalue weighted by Crippen LogP contribution is -2.12. The number of hydrogen-bond acceptors (Lipinski definition) is 3. The molecule has 0 aliphatic carbocycles. The van der Waals surface area contributed by atoms with Crippen molar-refractivity contribution in [1.82, 2.24) is 9.38 Å². The minimum atomic E-state index is -3.64. The quantitative estimate of drug-likeness (QED) is 0.736. The topological polar surface area (TPSA) is 77.5 Å². The van der Waals surface area contributed by atoms with Gasteiger partial charge in [-0.2, -0.15) is 0 Å². The largest absolute Gasteiger partial charge is 0.307 e. The normalized spacial score (nSPS) is 12.1. The van der Waals surface area contributed by atoms with Crippen LogP contribution in [0.2, 0.25) is 0 Å². The summed E-state index contributed by atoms with van der Waals surface area (Å²) in [5.74, 6) is 0. The maximum Gasteiger partial charge on any atom is 0.238 e. The molecule has 0 fully saturated rings. The van der Waals surface area contributed by atoms with Crippen LogP contribution in [0, 0.1) is 6.92 Å². The van der Waals surface area contributed by atoms with Crippen molar-refractivity contribution in [3.63, 3.8) is 0 Å². The lowest BCUT2D eigenvalue weighted by Gasteiger charge is -1.97. The number of rotatable bonds is 1. The Hall–Kier alpha value is -1.40. The number of sulfonamides is 1. The molecule has 0 unspecified atom stereocenters. The Labute approximate surface area is 81.2 Å². The minimum Gasteiger partial charge on any atom is -0.307 e. The molecule has 2 aromatic heterocycles. The summed E-state index contributed by atoms with van der Waals surface area (Å²) < 4.78 is 23.8. The first-order chi connectivity index (χ1) is 6.47. The summed E-state index contributed by atoms with van der Waals surface area (Å²) in [5, 5.41) is 4.99. The predicted octanol–water partition coefficient (Wildman–Crippen LogP) is 0.290. The Bertz CT molecular complexity index is 586. The molecule has 0 amide bonds. The van der Waals surface area contributed by atoms with Crippen molar-refractivity contribution in [2.45, 2.75) is 11.8 Å².